The summed E-state index contributed by atoms with van der Waals surface area (Å²) in [4.78, 5) is 22.7. The van der Waals surface area contributed by atoms with Gasteiger partial charge < -0.3 is 15.2 Å². The lowest BCUT2D eigenvalue weighted by atomic mass is 9.88. The maximum absolute atomic E-state index is 12.1. The van der Waals surface area contributed by atoms with Crippen LogP contribution in [0.3, 0.4) is 0 Å². The fourth-order valence-corrected chi connectivity index (χ4v) is 2.59. The van der Waals surface area contributed by atoms with Crippen molar-refractivity contribution in [2.45, 2.75) is 64.1 Å². The molecule has 1 saturated carbocycles. The number of nitrogens with two attached hydrogens (primary N) is 1. The third kappa shape index (κ3) is 4.82. The molecule has 0 aromatic heterocycles. The Morgan fingerprint density at radius 1 is 1.37 bits per heavy atom. The molecular formula is C14H25NO4. The van der Waals surface area contributed by atoms with Gasteiger partial charge >= 0.3 is 5.97 Å². The zero-order valence-corrected chi connectivity index (χ0v) is 12.1. The summed E-state index contributed by atoms with van der Waals surface area (Å²) < 4.78 is 10.6. The maximum atomic E-state index is 12.1. The average Bonchev–Trinajstić information content (AvgIpc) is 2.73. The number of esters is 1. The molecule has 0 aromatic rings. The average molecular weight is 271 g/mol. The summed E-state index contributed by atoms with van der Waals surface area (Å²) in [6.07, 6.45) is 4.08. The van der Waals surface area contributed by atoms with E-state index in [9.17, 15) is 9.59 Å². The molecular weight excluding hydrogens is 246 g/mol. The van der Waals surface area contributed by atoms with Gasteiger partial charge in [0.05, 0.1) is 5.92 Å². The summed E-state index contributed by atoms with van der Waals surface area (Å²) in [5.41, 5.74) is 4.63. The minimum atomic E-state index is -0.529. The molecule has 1 aliphatic carbocycles. The zero-order valence-electron chi connectivity index (χ0n) is 12.1. The Hall–Kier alpha value is -1.10. The van der Waals surface area contributed by atoms with E-state index < -0.39 is 17.1 Å². The van der Waals surface area contributed by atoms with E-state index in [1.165, 1.54) is 0 Å². The summed E-state index contributed by atoms with van der Waals surface area (Å²) in [6, 6.07) is 0. The van der Waals surface area contributed by atoms with Crippen molar-refractivity contribution >= 4 is 12.4 Å². The van der Waals surface area contributed by atoms with Crippen molar-refractivity contribution in [3.05, 3.63) is 0 Å². The summed E-state index contributed by atoms with van der Waals surface area (Å²) >= 11 is 0. The van der Waals surface area contributed by atoms with E-state index in [4.69, 9.17) is 15.2 Å². The van der Waals surface area contributed by atoms with E-state index in [0.29, 0.717) is 12.9 Å². The molecule has 0 aliphatic heterocycles. The normalized spacial score (nSPS) is 19.8. The molecule has 1 atom stereocenters. The summed E-state index contributed by atoms with van der Waals surface area (Å²) in [6.45, 7) is 6.16. The molecule has 0 amide bonds. The van der Waals surface area contributed by atoms with Crippen LogP contribution in [0.15, 0.2) is 0 Å². The topological polar surface area (TPSA) is 78.6 Å². The molecule has 5 nitrogen and oxygen atoms in total. The van der Waals surface area contributed by atoms with Crippen molar-refractivity contribution in [2.24, 2.45) is 11.7 Å². The molecule has 1 unspecified atom stereocenters. The lowest BCUT2D eigenvalue weighted by molar-refractivity contribution is -0.165. The molecule has 110 valence electrons. The second-order valence-corrected chi connectivity index (χ2v) is 6.27. The Morgan fingerprint density at radius 3 is 2.37 bits per heavy atom. The van der Waals surface area contributed by atoms with Crippen molar-refractivity contribution < 1.29 is 19.1 Å². The molecule has 19 heavy (non-hydrogen) atoms. The van der Waals surface area contributed by atoms with Gasteiger partial charge in [0.2, 0.25) is 0 Å². The Bertz CT molecular complexity index is 316. The quantitative estimate of drug-likeness (QED) is 0.588. The highest BCUT2D eigenvalue weighted by molar-refractivity contribution is 5.73. The number of rotatable bonds is 6. The largest absolute Gasteiger partial charge is 0.461 e. The van der Waals surface area contributed by atoms with Gasteiger partial charge in [-0.2, -0.15) is 0 Å². The minimum Gasteiger partial charge on any atom is -0.461 e. The van der Waals surface area contributed by atoms with E-state index in [0.717, 1.165) is 25.7 Å². The van der Waals surface area contributed by atoms with Crippen LogP contribution in [0.1, 0.15) is 52.9 Å². The van der Waals surface area contributed by atoms with Crippen LogP contribution >= 0.6 is 0 Å². The fraction of sp³-hybridized carbons (Fsp3) is 0.857. The standard InChI is InChI=1S/C14H25NO4/c1-13(2,3)19-12(17)11(9-15)8-14(18-10-16)6-4-5-7-14/h10-11H,4-9,15H2,1-3H3. The van der Waals surface area contributed by atoms with E-state index in [1.54, 1.807) is 0 Å². The molecule has 0 bridgehead atoms. The first-order valence-corrected chi connectivity index (χ1v) is 6.86. The Morgan fingerprint density at radius 2 is 1.95 bits per heavy atom. The van der Waals surface area contributed by atoms with Crippen LogP contribution in [0, 0.1) is 5.92 Å². The van der Waals surface area contributed by atoms with E-state index in [2.05, 4.69) is 0 Å². The Labute approximate surface area is 114 Å². The Kier molecular flexibility index (Phi) is 5.35. The van der Waals surface area contributed by atoms with Gasteiger partial charge in [-0.3, -0.25) is 9.59 Å². The van der Waals surface area contributed by atoms with Crippen molar-refractivity contribution in [3.63, 3.8) is 0 Å². The van der Waals surface area contributed by atoms with Gasteiger partial charge in [-0.25, -0.2) is 0 Å². The smallest absolute Gasteiger partial charge is 0.310 e. The van der Waals surface area contributed by atoms with Crippen molar-refractivity contribution in [1.29, 1.82) is 0 Å². The van der Waals surface area contributed by atoms with Crippen LogP contribution in [0.4, 0.5) is 0 Å². The van der Waals surface area contributed by atoms with Crippen LogP contribution in [0.5, 0.6) is 0 Å². The predicted octanol–water partition coefficient (Wildman–Crippen LogP) is 1.78. The lowest BCUT2D eigenvalue weighted by Crippen LogP contribution is -2.39. The summed E-state index contributed by atoms with van der Waals surface area (Å²) in [7, 11) is 0. The summed E-state index contributed by atoms with van der Waals surface area (Å²) in [5, 5.41) is 0. The second kappa shape index (κ2) is 6.37. The van der Waals surface area contributed by atoms with Crippen LogP contribution in [0.2, 0.25) is 0 Å². The zero-order chi connectivity index (χ0) is 14.5. The molecule has 1 fully saturated rings. The van der Waals surface area contributed by atoms with Gasteiger partial charge in [-0.15, -0.1) is 0 Å². The molecule has 0 saturated heterocycles. The number of hydrogen-bond acceptors (Lipinski definition) is 5. The Balaban J connectivity index is 2.69. The third-order valence-electron chi connectivity index (χ3n) is 3.46. The first-order valence-electron chi connectivity index (χ1n) is 6.86. The molecule has 0 spiro atoms. The molecule has 1 rings (SSSR count). The van der Waals surface area contributed by atoms with Gasteiger partial charge in [0.15, 0.2) is 0 Å². The second-order valence-electron chi connectivity index (χ2n) is 6.27. The molecule has 0 heterocycles. The predicted molar refractivity (Wildman–Crippen MR) is 71.4 cm³/mol. The number of ether oxygens (including phenoxy) is 2. The van der Waals surface area contributed by atoms with Gasteiger partial charge in [0.1, 0.15) is 11.2 Å². The monoisotopic (exact) mass is 271 g/mol. The van der Waals surface area contributed by atoms with Gasteiger partial charge in [-0.05, 0) is 46.5 Å². The number of carbonyl (C=O) groups excluding carboxylic acids is 2. The van der Waals surface area contributed by atoms with Crippen LogP contribution < -0.4 is 5.73 Å². The molecule has 0 aromatic carbocycles. The van der Waals surface area contributed by atoms with Crippen LogP contribution in [0.25, 0.3) is 0 Å². The molecule has 2 N–H and O–H groups in total. The van der Waals surface area contributed by atoms with Gasteiger partial charge in [0.25, 0.3) is 6.47 Å². The SMILES string of the molecule is CC(C)(C)OC(=O)C(CN)CC1(OC=O)CCCC1. The van der Waals surface area contributed by atoms with E-state index in [-0.39, 0.29) is 12.5 Å². The van der Waals surface area contributed by atoms with Crippen LogP contribution in [-0.2, 0) is 19.1 Å². The highest BCUT2D eigenvalue weighted by atomic mass is 16.6. The van der Waals surface area contributed by atoms with Crippen molar-refractivity contribution in [1.82, 2.24) is 0 Å². The highest BCUT2D eigenvalue weighted by Crippen LogP contribution is 2.38. The van der Waals surface area contributed by atoms with Crippen molar-refractivity contribution in [2.75, 3.05) is 6.54 Å². The first-order chi connectivity index (χ1) is 8.82. The minimum absolute atomic E-state index is 0.207. The van der Waals surface area contributed by atoms with E-state index >= 15 is 0 Å². The van der Waals surface area contributed by atoms with Gasteiger partial charge in [-0.1, -0.05) is 0 Å². The number of hydrogen-bond donors (Lipinski definition) is 1. The fourth-order valence-electron chi connectivity index (χ4n) is 2.59. The van der Waals surface area contributed by atoms with Crippen molar-refractivity contribution in [3.8, 4) is 0 Å². The maximum Gasteiger partial charge on any atom is 0.310 e. The van der Waals surface area contributed by atoms with Crippen LogP contribution in [-0.4, -0.2) is 30.2 Å². The van der Waals surface area contributed by atoms with Gasteiger partial charge in [0, 0.05) is 13.0 Å². The summed E-state index contributed by atoms with van der Waals surface area (Å²) in [5.74, 6) is -0.729. The molecule has 0 radical (unpaired) electrons. The molecule has 1 aliphatic rings. The highest BCUT2D eigenvalue weighted by Gasteiger charge is 2.40. The first kappa shape index (κ1) is 16.0. The van der Waals surface area contributed by atoms with E-state index in [1.807, 2.05) is 20.8 Å². The lowest BCUT2D eigenvalue weighted by Gasteiger charge is -2.31. The third-order valence-corrected chi connectivity index (χ3v) is 3.46. The number of carbonyl (C=O) groups is 2. The molecule has 5 heteroatoms.